The molecule has 0 radical (unpaired) electrons. The number of carboxylic acid groups (broad SMARTS) is 1. The molecular formula is C10H13NO5S2. The van der Waals surface area contributed by atoms with Gasteiger partial charge in [0.15, 0.2) is 0 Å². The Morgan fingerprint density at radius 2 is 2.33 bits per heavy atom. The van der Waals surface area contributed by atoms with E-state index in [1.54, 1.807) is 0 Å². The van der Waals surface area contributed by atoms with E-state index < -0.39 is 16.0 Å². The lowest BCUT2D eigenvalue weighted by Crippen LogP contribution is -2.40. The van der Waals surface area contributed by atoms with Crippen LogP contribution in [0.3, 0.4) is 0 Å². The Balaban J connectivity index is 2.11. The Bertz CT molecular complexity index is 530. The van der Waals surface area contributed by atoms with Gasteiger partial charge in [-0.25, -0.2) is 17.9 Å². The summed E-state index contributed by atoms with van der Waals surface area (Å²) in [5, 5.41) is 10.1. The highest BCUT2D eigenvalue weighted by Crippen LogP contribution is 2.21. The number of thiophene rings is 1. The summed E-state index contributed by atoms with van der Waals surface area (Å²) in [6.07, 6.45) is 1.55. The maximum atomic E-state index is 12.0. The number of carboxylic acids is 1. The molecule has 2 heterocycles. The van der Waals surface area contributed by atoms with E-state index in [1.807, 2.05) is 0 Å². The molecule has 0 amide bonds. The summed E-state index contributed by atoms with van der Waals surface area (Å²) in [6.45, 7) is 1.01. The third kappa shape index (κ3) is 3.08. The Kier molecular flexibility index (Phi) is 4.00. The number of sulfonamides is 1. The summed E-state index contributed by atoms with van der Waals surface area (Å²) in [7, 11) is -3.65. The van der Waals surface area contributed by atoms with Crippen molar-refractivity contribution in [2.75, 3.05) is 13.2 Å². The zero-order chi connectivity index (χ0) is 13.2. The quantitative estimate of drug-likeness (QED) is 0.860. The fourth-order valence-corrected chi connectivity index (χ4v) is 4.11. The van der Waals surface area contributed by atoms with Crippen molar-refractivity contribution in [3.05, 3.63) is 17.0 Å². The average Bonchev–Trinajstić information content (AvgIpc) is 2.79. The lowest BCUT2D eigenvalue weighted by atomic mass is 10.1. The first-order chi connectivity index (χ1) is 8.49. The van der Waals surface area contributed by atoms with E-state index in [0.717, 1.165) is 24.2 Å². The summed E-state index contributed by atoms with van der Waals surface area (Å²) in [5.41, 5.74) is -0.0136. The van der Waals surface area contributed by atoms with Gasteiger partial charge in [0.2, 0.25) is 10.0 Å². The normalized spacial score (nSPS) is 20.8. The molecule has 0 saturated carbocycles. The van der Waals surface area contributed by atoms with Gasteiger partial charge in [0.05, 0.1) is 12.2 Å². The van der Waals surface area contributed by atoms with Crippen molar-refractivity contribution in [2.24, 2.45) is 0 Å². The van der Waals surface area contributed by atoms with Crippen LogP contribution in [0.4, 0.5) is 0 Å². The Morgan fingerprint density at radius 1 is 1.56 bits per heavy atom. The number of carbonyl (C=O) groups is 1. The Morgan fingerprint density at radius 3 is 2.89 bits per heavy atom. The third-order valence-corrected chi connectivity index (χ3v) is 5.53. The minimum absolute atomic E-state index is 0.0136. The van der Waals surface area contributed by atoms with Gasteiger partial charge >= 0.3 is 5.97 Å². The van der Waals surface area contributed by atoms with Crippen molar-refractivity contribution < 1.29 is 23.1 Å². The molecule has 1 aliphatic rings. The predicted molar refractivity (Wildman–Crippen MR) is 65.4 cm³/mol. The van der Waals surface area contributed by atoms with Gasteiger partial charge < -0.3 is 9.84 Å². The maximum Gasteiger partial charge on any atom is 0.336 e. The standard InChI is InChI=1S/C10H13NO5S2/c12-10(13)7-4-9(17-6-7)18(14,15)11-8-2-1-3-16-5-8/h4,6,8,11H,1-3,5H2,(H,12,13). The molecule has 1 unspecified atom stereocenters. The van der Waals surface area contributed by atoms with E-state index in [1.165, 1.54) is 11.4 Å². The monoisotopic (exact) mass is 291 g/mol. The molecule has 100 valence electrons. The number of hydrogen-bond acceptors (Lipinski definition) is 5. The van der Waals surface area contributed by atoms with Gasteiger partial charge in [-0.05, 0) is 18.9 Å². The van der Waals surface area contributed by atoms with Crippen molar-refractivity contribution in [3.8, 4) is 0 Å². The molecule has 6 nitrogen and oxygen atoms in total. The minimum atomic E-state index is -3.65. The molecule has 2 rings (SSSR count). The van der Waals surface area contributed by atoms with E-state index >= 15 is 0 Å². The zero-order valence-corrected chi connectivity index (χ0v) is 11.1. The van der Waals surface area contributed by atoms with Gasteiger partial charge in [-0.1, -0.05) is 0 Å². The molecule has 0 aromatic carbocycles. The van der Waals surface area contributed by atoms with Crippen LogP contribution < -0.4 is 4.72 Å². The number of aromatic carboxylic acids is 1. The third-order valence-electron chi connectivity index (χ3n) is 2.57. The van der Waals surface area contributed by atoms with Crippen LogP contribution >= 0.6 is 11.3 Å². The summed E-state index contributed by atoms with van der Waals surface area (Å²) < 4.78 is 31.7. The average molecular weight is 291 g/mol. The number of hydrogen-bond donors (Lipinski definition) is 2. The van der Waals surface area contributed by atoms with E-state index in [-0.39, 0.29) is 15.8 Å². The van der Waals surface area contributed by atoms with Crippen LogP contribution in [-0.2, 0) is 14.8 Å². The largest absolute Gasteiger partial charge is 0.478 e. The molecule has 1 atom stereocenters. The van der Waals surface area contributed by atoms with Gasteiger partial charge in [-0.2, -0.15) is 0 Å². The first-order valence-electron chi connectivity index (χ1n) is 5.41. The molecule has 1 saturated heterocycles. The van der Waals surface area contributed by atoms with Crippen molar-refractivity contribution in [1.29, 1.82) is 0 Å². The molecule has 0 spiro atoms. The van der Waals surface area contributed by atoms with Gasteiger partial charge in [-0.15, -0.1) is 11.3 Å². The molecule has 18 heavy (non-hydrogen) atoms. The minimum Gasteiger partial charge on any atom is -0.478 e. The highest BCUT2D eigenvalue weighted by atomic mass is 32.2. The van der Waals surface area contributed by atoms with Crippen LogP contribution in [0, 0.1) is 0 Å². The lowest BCUT2D eigenvalue weighted by molar-refractivity contribution is 0.0697. The van der Waals surface area contributed by atoms with Crippen LogP contribution in [0.1, 0.15) is 23.2 Å². The summed E-state index contributed by atoms with van der Waals surface area (Å²) >= 11 is 0.901. The Hall–Kier alpha value is -0.960. The topological polar surface area (TPSA) is 92.7 Å². The van der Waals surface area contributed by atoms with E-state index in [9.17, 15) is 13.2 Å². The first-order valence-corrected chi connectivity index (χ1v) is 7.77. The SMILES string of the molecule is O=C(O)c1csc(S(=O)(=O)NC2CCCOC2)c1. The van der Waals surface area contributed by atoms with Crippen LogP contribution in [0.25, 0.3) is 0 Å². The van der Waals surface area contributed by atoms with Gasteiger partial charge in [0, 0.05) is 18.0 Å². The maximum absolute atomic E-state index is 12.0. The highest BCUT2D eigenvalue weighted by molar-refractivity contribution is 7.91. The molecule has 0 aliphatic carbocycles. The van der Waals surface area contributed by atoms with E-state index in [4.69, 9.17) is 9.84 Å². The van der Waals surface area contributed by atoms with Crippen molar-refractivity contribution >= 4 is 27.3 Å². The van der Waals surface area contributed by atoms with Crippen molar-refractivity contribution in [1.82, 2.24) is 4.72 Å². The second-order valence-corrected chi connectivity index (χ2v) is 6.85. The fourth-order valence-electron chi connectivity index (χ4n) is 1.68. The molecular weight excluding hydrogens is 278 g/mol. The fraction of sp³-hybridized carbons (Fsp3) is 0.500. The summed E-state index contributed by atoms with van der Waals surface area (Å²) in [6, 6.07) is 0.929. The first kappa shape index (κ1) is 13.5. The second-order valence-electron chi connectivity index (χ2n) is 3.99. The Labute approximate surface area is 109 Å². The van der Waals surface area contributed by atoms with Gasteiger partial charge in [0.1, 0.15) is 4.21 Å². The second kappa shape index (κ2) is 5.35. The van der Waals surface area contributed by atoms with Crippen molar-refractivity contribution in [3.63, 3.8) is 0 Å². The van der Waals surface area contributed by atoms with Crippen LogP contribution in [-0.4, -0.2) is 38.7 Å². The molecule has 1 aromatic rings. The number of nitrogens with one attached hydrogen (secondary N) is 1. The lowest BCUT2D eigenvalue weighted by Gasteiger charge is -2.22. The molecule has 8 heteroatoms. The van der Waals surface area contributed by atoms with Gasteiger partial charge in [0.25, 0.3) is 0 Å². The predicted octanol–water partition coefficient (Wildman–Crippen LogP) is 0.904. The molecule has 1 aromatic heterocycles. The van der Waals surface area contributed by atoms with Crippen LogP contribution in [0.5, 0.6) is 0 Å². The van der Waals surface area contributed by atoms with Gasteiger partial charge in [-0.3, -0.25) is 0 Å². The van der Waals surface area contributed by atoms with Crippen LogP contribution in [0.15, 0.2) is 15.7 Å². The molecule has 1 fully saturated rings. The molecule has 1 aliphatic heterocycles. The smallest absolute Gasteiger partial charge is 0.336 e. The summed E-state index contributed by atoms with van der Waals surface area (Å²) in [4.78, 5) is 10.7. The van der Waals surface area contributed by atoms with Crippen LogP contribution in [0.2, 0.25) is 0 Å². The van der Waals surface area contributed by atoms with E-state index in [0.29, 0.717) is 13.2 Å². The van der Waals surface area contributed by atoms with E-state index in [2.05, 4.69) is 4.72 Å². The molecule has 0 bridgehead atoms. The number of ether oxygens (including phenoxy) is 1. The molecule has 2 N–H and O–H groups in total. The number of rotatable bonds is 4. The van der Waals surface area contributed by atoms with Crippen molar-refractivity contribution in [2.45, 2.75) is 23.1 Å². The highest BCUT2D eigenvalue weighted by Gasteiger charge is 2.24. The zero-order valence-electron chi connectivity index (χ0n) is 9.46. The summed E-state index contributed by atoms with van der Waals surface area (Å²) in [5.74, 6) is -1.13.